The largest absolute Gasteiger partial charge is 0.434 e. The first-order chi connectivity index (χ1) is 6.23. The van der Waals surface area contributed by atoms with E-state index in [0.29, 0.717) is 0 Å². The SMILES string of the molecule is CC1(CI)C[N+]2=C(CCCCC2)O1. The van der Waals surface area contributed by atoms with E-state index in [-0.39, 0.29) is 5.60 Å². The minimum atomic E-state index is 0.0905. The molecule has 0 aromatic heterocycles. The quantitative estimate of drug-likeness (QED) is 0.410. The molecule has 0 fully saturated rings. The Morgan fingerprint density at radius 2 is 2.31 bits per heavy atom. The van der Waals surface area contributed by atoms with E-state index in [1.165, 1.54) is 31.7 Å². The van der Waals surface area contributed by atoms with Crippen molar-refractivity contribution in [3.63, 3.8) is 0 Å². The Kier molecular flexibility index (Phi) is 2.81. The molecule has 0 aromatic carbocycles. The van der Waals surface area contributed by atoms with Crippen molar-refractivity contribution < 1.29 is 9.31 Å². The van der Waals surface area contributed by atoms with Crippen molar-refractivity contribution >= 4 is 28.5 Å². The van der Waals surface area contributed by atoms with Crippen molar-refractivity contribution in [3.8, 4) is 0 Å². The summed E-state index contributed by atoms with van der Waals surface area (Å²) in [6.45, 7) is 4.54. The minimum absolute atomic E-state index is 0.0905. The van der Waals surface area contributed by atoms with Gasteiger partial charge in [-0.3, -0.25) is 0 Å². The Hall–Kier alpha value is 0.200. The molecule has 13 heavy (non-hydrogen) atoms. The van der Waals surface area contributed by atoms with Crippen LogP contribution in [0.5, 0.6) is 0 Å². The first kappa shape index (κ1) is 9.74. The number of ether oxygens (including phenoxy) is 1. The fraction of sp³-hybridized carbons (Fsp3) is 0.900. The van der Waals surface area contributed by atoms with Gasteiger partial charge < -0.3 is 4.74 Å². The molecule has 0 aromatic rings. The van der Waals surface area contributed by atoms with Crippen LogP contribution in [0.2, 0.25) is 0 Å². The van der Waals surface area contributed by atoms with Crippen LogP contribution in [0.3, 0.4) is 0 Å². The predicted octanol–water partition coefficient (Wildman–Crippen LogP) is 2.20. The number of rotatable bonds is 1. The van der Waals surface area contributed by atoms with Gasteiger partial charge in [0, 0.05) is 10.8 Å². The molecule has 2 heterocycles. The van der Waals surface area contributed by atoms with Gasteiger partial charge in [0.05, 0.1) is 6.42 Å². The number of hydrogen-bond acceptors (Lipinski definition) is 1. The highest BCUT2D eigenvalue weighted by Crippen LogP contribution is 2.24. The fourth-order valence-corrected chi connectivity index (χ4v) is 2.51. The number of hydrogen-bond donors (Lipinski definition) is 0. The maximum Gasteiger partial charge on any atom is 0.337 e. The van der Waals surface area contributed by atoms with E-state index in [9.17, 15) is 0 Å². The second kappa shape index (κ2) is 3.75. The highest BCUT2D eigenvalue weighted by atomic mass is 127. The summed E-state index contributed by atoms with van der Waals surface area (Å²) in [5.41, 5.74) is 0.0905. The molecule has 0 N–H and O–H groups in total. The Labute approximate surface area is 93.5 Å². The van der Waals surface area contributed by atoms with Gasteiger partial charge in [-0.05, 0) is 19.8 Å². The zero-order valence-electron chi connectivity index (χ0n) is 8.18. The van der Waals surface area contributed by atoms with Gasteiger partial charge in [-0.2, -0.15) is 4.58 Å². The number of halogens is 1. The van der Waals surface area contributed by atoms with E-state index >= 15 is 0 Å². The van der Waals surface area contributed by atoms with Gasteiger partial charge in [0.15, 0.2) is 12.1 Å². The van der Waals surface area contributed by atoms with Gasteiger partial charge in [0.2, 0.25) is 0 Å². The molecule has 74 valence electrons. The minimum Gasteiger partial charge on any atom is -0.434 e. The number of nitrogens with zero attached hydrogens (tertiary/aromatic N) is 1. The molecule has 0 aliphatic carbocycles. The molecule has 2 aliphatic rings. The maximum atomic E-state index is 6.02. The normalized spacial score (nSPS) is 34.0. The molecule has 1 unspecified atom stereocenters. The number of alkyl halides is 1. The van der Waals surface area contributed by atoms with Crippen molar-refractivity contribution in [2.75, 3.05) is 17.5 Å². The molecule has 0 saturated heterocycles. The van der Waals surface area contributed by atoms with Crippen molar-refractivity contribution in [3.05, 3.63) is 0 Å². The molecule has 0 spiro atoms. The van der Waals surface area contributed by atoms with Gasteiger partial charge in [0.1, 0.15) is 6.54 Å². The van der Waals surface area contributed by atoms with Gasteiger partial charge in [-0.15, -0.1) is 0 Å². The van der Waals surface area contributed by atoms with E-state index < -0.39 is 0 Å². The van der Waals surface area contributed by atoms with Gasteiger partial charge in [0.25, 0.3) is 0 Å². The first-order valence-corrected chi connectivity index (χ1v) is 6.62. The topological polar surface area (TPSA) is 12.2 Å². The van der Waals surface area contributed by atoms with Gasteiger partial charge in [-0.25, -0.2) is 0 Å². The molecule has 1 atom stereocenters. The molecule has 0 amide bonds. The van der Waals surface area contributed by atoms with Crippen molar-refractivity contribution in [2.24, 2.45) is 0 Å². The summed E-state index contributed by atoms with van der Waals surface area (Å²) in [6, 6.07) is 0. The molecule has 0 radical (unpaired) electrons. The third-order valence-electron chi connectivity index (χ3n) is 2.84. The van der Waals surface area contributed by atoms with Gasteiger partial charge >= 0.3 is 5.90 Å². The van der Waals surface area contributed by atoms with Gasteiger partial charge in [-0.1, -0.05) is 22.6 Å². The van der Waals surface area contributed by atoms with Crippen molar-refractivity contribution in [1.29, 1.82) is 0 Å². The Morgan fingerprint density at radius 1 is 1.46 bits per heavy atom. The third-order valence-corrected chi connectivity index (χ3v) is 4.46. The summed E-state index contributed by atoms with van der Waals surface area (Å²) in [5.74, 6) is 1.26. The Balaban J connectivity index is 2.09. The lowest BCUT2D eigenvalue weighted by molar-refractivity contribution is -0.525. The molecular weight excluding hydrogens is 277 g/mol. The monoisotopic (exact) mass is 294 g/mol. The first-order valence-electron chi connectivity index (χ1n) is 5.09. The lowest BCUT2D eigenvalue weighted by atomic mass is 10.1. The summed E-state index contributed by atoms with van der Waals surface area (Å²) < 4.78 is 9.56. The summed E-state index contributed by atoms with van der Waals surface area (Å²) in [7, 11) is 0. The lowest BCUT2D eigenvalue weighted by Crippen LogP contribution is -2.33. The Bertz CT molecular complexity index is 219. The standard InChI is InChI=1S/C10H17INO/c1-10(7-11)8-12-6-4-2-3-5-9(12)13-10/h2-8H2,1H3/q+1. The zero-order valence-corrected chi connectivity index (χ0v) is 10.3. The third kappa shape index (κ3) is 2.00. The van der Waals surface area contributed by atoms with E-state index in [0.717, 1.165) is 17.4 Å². The molecule has 3 heteroatoms. The van der Waals surface area contributed by atoms with Crippen LogP contribution < -0.4 is 0 Å². The van der Waals surface area contributed by atoms with Crippen LogP contribution in [0.25, 0.3) is 0 Å². The van der Waals surface area contributed by atoms with E-state index in [2.05, 4.69) is 34.1 Å². The van der Waals surface area contributed by atoms with Crippen molar-refractivity contribution in [2.45, 2.75) is 38.2 Å². The van der Waals surface area contributed by atoms with E-state index in [1.807, 2.05) is 0 Å². The summed E-state index contributed by atoms with van der Waals surface area (Å²) in [4.78, 5) is 0. The molecule has 2 aliphatic heterocycles. The second-order valence-electron chi connectivity index (χ2n) is 4.31. The molecule has 2 nitrogen and oxygen atoms in total. The van der Waals surface area contributed by atoms with Crippen LogP contribution in [-0.4, -0.2) is 33.6 Å². The average molecular weight is 294 g/mol. The molecule has 2 rings (SSSR count). The van der Waals surface area contributed by atoms with Crippen LogP contribution in [0, 0.1) is 0 Å². The summed E-state index contributed by atoms with van der Waals surface area (Å²) in [5, 5.41) is 0. The Morgan fingerprint density at radius 3 is 3.08 bits per heavy atom. The highest BCUT2D eigenvalue weighted by Gasteiger charge is 2.42. The predicted molar refractivity (Wildman–Crippen MR) is 61.8 cm³/mol. The smallest absolute Gasteiger partial charge is 0.337 e. The molecule has 0 bridgehead atoms. The van der Waals surface area contributed by atoms with E-state index in [4.69, 9.17) is 4.74 Å². The molecular formula is C10H17INO+. The van der Waals surface area contributed by atoms with Crippen LogP contribution >= 0.6 is 22.6 Å². The molecule has 0 saturated carbocycles. The van der Waals surface area contributed by atoms with Crippen LogP contribution in [0.15, 0.2) is 0 Å². The summed E-state index contributed by atoms with van der Waals surface area (Å²) in [6.07, 6.45) is 5.17. The lowest BCUT2D eigenvalue weighted by Gasteiger charge is -2.16. The van der Waals surface area contributed by atoms with Crippen molar-refractivity contribution in [1.82, 2.24) is 0 Å². The summed E-state index contributed by atoms with van der Waals surface area (Å²) >= 11 is 2.42. The highest BCUT2D eigenvalue weighted by molar-refractivity contribution is 14.1. The van der Waals surface area contributed by atoms with Crippen LogP contribution in [0.4, 0.5) is 0 Å². The van der Waals surface area contributed by atoms with E-state index in [1.54, 1.807) is 0 Å². The maximum absolute atomic E-state index is 6.02. The average Bonchev–Trinajstić information content (AvgIpc) is 2.29. The van der Waals surface area contributed by atoms with Crippen LogP contribution in [0.1, 0.15) is 32.6 Å². The van der Waals surface area contributed by atoms with Crippen LogP contribution in [-0.2, 0) is 4.74 Å². The second-order valence-corrected chi connectivity index (χ2v) is 5.07. The fourth-order valence-electron chi connectivity index (χ4n) is 2.11. The zero-order chi connectivity index (χ0) is 9.31.